The van der Waals surface area contributed by atoms with Crippen LogP contribution >= 0.6 is 0 Å². The number of rotatable bonds is 7. The number of nitrogens with one attached hydrogen (secondary N) is 1. The van der Waals surface area contributed by atoms with Gasteiger partial charge in [0.2, 0.25) is 0 Å². The van der Waals surface area contributed by atoms with Gasteiger partial charge < -0.3 is 5.32 Å². The van der Waals surface area contributed by atoms with Crippen LogP contribution in [0.3, 0.4) is 0 Å². The van der Waals surface area contributed by atoms with Crippen molar-refractivity contribution in [1.29, 1.82) is 0 Å². The molecule has 0 aromatic heterocycles. The Morgan fingerprint density at radius 2 is 1.43 bits per heavy atom. The van der Waals surface area contributed by atoms with E-state index in [1.54, 1.807) is 0 Å². The van der Waals surface area contributed by atoms with Gasteiger partial charge in [-0.05, 0) is 41.7 Å². The molecule has 190 valence electrons. The molecule has 1 atom stereocenters. The summed E-state index contributed by atoms with van der Waals surface area (Å²) in [5.41, 5.74) is 3.78. The van der Waals surface area contributed by atoms with E-state index in [1.807, 2.05) is 80.6 Å². The van der Waals surface area contributed by atoms with E-state index in [-0.39, 0.29) is 18.6 Å². The number of imide groups is 1. The molecule has 3 aromatic rings. The van der Waals surface area contributed by atoms with Gasteiger partial charge in [0.15, 0.2) is 5.54 Å². The number of amides is 3. The highest BCUT2D eigenvalue weighted by molar-refractivity contribution is 6.09. The minimum atomic E-state index is -1.22. The zero-order chi connectivity index (χ0) is 25.8. The van der Waals surface area contributed by atoms with Gasteiger partial charge in [0.05, 0.1) is 6.67 Å². The topological polar surface area (TPSA) is 55.9 Å². The number of carbonyl (C=O) groups excluding carboxylic acids is 2. The number of nitrogens with zero attached hydrogens (tertiary/aromatic N) is 3. The monoisotopic (exact) mass is 494 g/mol. The fraction of sp³-hybridized carbons (Fsp3) is 0.290. The number of carbonyl (C=O) groups is 2. The van der Waals surface area contributed by atoms with E-state index in [1.165, 1.54) is 10.5 Å². The van der Waals surface area contributed by atoms with Crippen molar-refractivity contribution < 1.29 is 9.59 Å². The van der Waals surface area contributed by atoms with Crippen molar-refractivity contribution in [1.82, 2.24) is 20.0 Å². The van der Waals surface area contributed by atoms with Crippen LogP contribution in [0.4, 0.5) is 4.79 Å². The smallest absolute Gasteiger partial charge is 0.315 e. The van der Waals surface area contributed by atoms with E-state index in [2.05, 4.69) is 39.4 Å². The lowest BCUT2D eigenvalue weighted by Crippen LogP contribution is -2.51. The first-order valence-corrected chi connectivity index (χ1v) is 12.9. The van der Waals surface area contributed by atoms with Crippen molar-refractivity contribution in [3.63, 3.8) is 0 Å². The Labute approximate surface area is 219 Å². The molecule has 1 unspecified atom stereocenters. The minimum Gasteiger partial charge on any atom is -0.315 e. The van der Waals surface area contributed by atoms with Gasteiger partial charge in [-0.25, -0.2) is 9.69 Å². The van der Waals surface area contributed by atoms with E-state index in [0.717, 1.165) is 55.0 Å². The standard InChI is InChI=1S/C31H34N4O2/c1-24-15-16-28(22-25(24)2)31(27-13-7-4-8-14-27)29(36)35(30(37)32-31)23-34-20-18-33(19-21-34)17-9-12-26-10-5-3-6-11-26/h3-16,22H,17-21,23H2,1-2H3,(H,32,37)/b12-9+. The first-order chi connectivity index (χ1) is 18.0. The van der Waals surface area contributed by atoms with Crippen molar-refractivity contribution in [2.24, 2.45) is 0 Å². The number of piperazine rings is 1. The molecule has 1 N–H and O–H groups in total. The Morgan fingerprint density at radius 1 is 0.784 bits per heavy atom. The number of hydrogen-bond acceptors (Lipinski definition) is 4. The summed E-state index contributed by atoms with van der Waals surface area (Å²) in [7, 11) is 0. The summed E-state index contributed by atoms with van der Waals surface area (Å²) in [5, 5.41) is 3.08. The molecule has 2 aliphatic rings. The van der Waals surface area contributed by atoms with E-state index in [9.17, 15) is 9.59 Å². The molecule has 6 heteroatoms. The predicted molar refractivity (Wildman–Crippen MR) is 147 cm³/mol. The van der Waals surface area contributed by atoms with E-state index >= 15 is 0 Å². The molecule has 0 bridgehead atoms. The number of hydrogen-bond donors (Lipinski definition) is 1. The summed E-state index contributed by atoms with van der Waals surface area (Å²) >= 11 is 0. The second-order valence-electron chi connectivity index (χ2n) is 9.95. The zero-order valence-corrected chi connectivity index (χ0v) is 21.6. The Bertz CT molecular complexity index is 1280. The third-order valence-electron chi connectivity index (χ3n) is 7.53. The third kappa shape index (κ3) is 5.08. The molecule has 2 saturated heterocycles. The van der Waals surface area contributed by atoms with Crippen molar-refractivity contribution in [2.45, 2.75) is 19.4 Å². The minimum absolute atomic E-state index is 0.222. The number of urea groups is 1. The van der Waals surface area contributed by atoms with Gasteiger partial charge in [0.25, 0.3) is 5.91 Å². The van der Waals surface area contributed by atoms with E-state index in [4.69, 9.17) is 0 Å². The van der Waals surface area contributed by atoms with Gasteiger partial charge in [-0.3, -0.25) is 14.6 Å². The largest absolute Gasteiger partial charge is 0.326 e. The lowest BCUT2D eigenvalue weighted by Gasteiger charge is -2.35. The summed E-state index contributed by atoms with van der Waals surface area (Å²) in [6.07, 6.45) is 4.34. The number of aryl methyl sites for hydroxylation is 2. The quantitative estimate of drug-likeness (QED) is 0.495. The highest BCUT2D eigenvalue weighted by atomic mass is 16.2. The molecule has 2 aliphatic heterocycles. The molecule has 3 aromatic carbocycles. The molecular weight excluding hydrogens is 460 g/mol. The van der Waals surface area contributed by atoms with Crippen LogP contribution in [0.25, 0.3) is 6.08 Å². The molecule has 0 spiro atoms. The van der Waals surface area contributed by atoms with Crippen LogP contribution in [0.1, 0.15) is 27.8 Å². The Hall–Kier alpha value is -3.74. The fourth-order valence-electron chi connectivity index (χ4n) is 5.14. The van der Waals surface area contributed by atoms with Gasteiger partial charge >= 0.3 is 6.03 Å². The molecule has 0 aliphatic carbocycles. The van der Waals surface area contributed by atoms with Gasteiger partial charge in [-0.1, -0.05) is 91.0 Å². The van der Waals surface area contributed by atoms with E-state index < -0.39 is 5.54 Å². The Balaban J connectivity index is 1.28. The second-order valence-corrected chi connectivity index (χ2v) is 9.95. The summed E-state index contributed by atoms with van der Waals surface area (Å²) < 4.78 is 0. The molecular formula is C31H34N4O2. The molecule has 3 amide bonds. The normalized spacial score (nSPS) is 21.1. The number of benzene rings is 3. The van der Waals surface area contributed by atoms with Crippen molar-refractivity contribution in [3.8, 4) is 0 Å². The maximum absolute atomic E-state index is 14.0. The average molecular weight is 495 g/mol. The van der Waals surface area contributed by atoms with Gasteiger partial charge in [0, 0.05) is 32.7 Å². The van der Waals surface area contributed by atoms with Crippen LogP contribution in [-0.4, -0.2) is 66.0 Å². The molecule has 2 fully saturated rings. The Morgan fingerprint density at radius 3 is 2.11 bits per heavy atom. The SMILES string of the molecule is Cc1ccc(C2(c3ccccc3)NC(=O)N(CN3CCN(C/C=C/c4ccccc4)CC3)C2=O)cc1C. The second kappa shape index (κ2) is 10.7. The maximum Gasteiger partial charge on any atom is 0.326 e. The van der Waals surface area contributed by atoms with Crippen molar-refractivity contribution in [2.75, 3.05) is 39.4 Å². The lowest BCUT2D eigenvalue weighted by atomic mass is 9.81. The maximum atomic E-state index is 14.0. The predicted octanol–water partition coefficient (Wildman–Crippen LogP) is 4.39. The highest BCUT2D eigenvalue weighted by Crippen LogP contribution is 2.37. The summed E-state index contributed by atoms with van der Waals surface area (Å²) in [4.78, 5) is 33.3. The van der Waals surface area contributed by atoms with Gasteiger partial charge in [-0.15, -0.1) is 0 Å². The average Bonchev–Trinajstić information content (AvgIpc) is 3.18. The van der Waals surface area contributed by atoms with Crippen LogP contribution in [-0.2, 0) is 10.3 Å². The van der Waals surface area contributed by atoms with Crippen molar-refractivity contribution in [3.05, 3.63) is 113 Å². The molecule has 37 heavy (non-hydrogen) atoms. The molecule has 5 rings (SSSR count). The van der Waals surface area contributed by atoms with Crippen molar-refractivity contribution >= 4 is 18.0 Å². The highest BCUT2D eigenvalue weighted by Gasteiger charge is 2.54. The summed E-state index contributed by atoms with van der Waals surface area (Å²) in [6, 6.07) is 25.5. The lowest BCUT2D eigenvalue weighted by molar-refractivity contribution is -0.132. The first-order valence-electron chi connectivity index (χ1n) is 12.9. The molecule has 0 radical (unpaired) electrons. The summed E-state index contributed by atoms with van der Waals surface area (Å²) in [5.74, 6) is -0.222. The van der Waals surface area contributed by atoms with Crippen LogP contribution in [0.5, 0.6) is 0 Å². The molecule has 6 nitrogen and oxygen atoms in total. The fourth-order valence-corrected chi connectivity index (χ4v) is 5.14. The van der Waals surface area contributed by atoms with Crippen LogP contribution in [0.2, 0.25) is 0 Å². The van der Waals surface area contributed by atoms with Gasteiger partial charge in [-0.2, -0.15) is 0 Å². The van der Waals surface area contributed by atoms with Crippen LogP contribution in [0.15, 0.2) is 84.9 Å². The zero-order valence-electron chi connectivity index (χ0n) is 21.6. The summed E-state index contributed by atoms with van der Waals surface area (Å²) in [6.45, 7) is 8.65. The first kappa shape index (κ1) is 24.9. The molecule has 2 heterocycles. The van der Waals surface area contributed by atoms with Crippen LogP contribution in [0, 0.1) is 13.8 Å². The van der Waals surface area contributed by atoms with E-state index in [0.29, 0.717) is 0 Å². The Kier molecular flexibility index (Phi) is 7.22. The third-order valence-corrected chi connectivity index (χ3v) is 7.53. The van der Waals surface area contributed by atoms with Crippen LogP contribution < -0.4 is 5.32 Å². The van der Waals surface area contributed by atoms with Gasteiger partial charge in [0.1, 0.15) is 0 Å². The molecule has 0 saturated carbocycles.